The summed E-state index contributed by atoms with van der Waals surface area (Å²) < 4.78 is 5.21. The van der Waals surface area contributed by atoms with Crippen LogP contribution in [0, 0.1) is 11.3 Å². The number of nitrogens with two attached hydrogens (primary N) is 1. The maximum Gasteiger partial charge on any atom is 0.407 e. The summed E-state index contributed by atoms with van der Waals surface area (Å²) in [7, 11) is 0. The highest BCUT2D eigenvalue weighted by atomic mass is 16.6. The predicted molar refractivity (Wildman–Crippen MR) is 62.0 cm³/mol. The maximum atomic E-state index is 11.5. The van der Waals surface area contributed by atoms with Gasteiger partial charge in [0.15, 0.2) is 0 Å². The molecular formula is C12H22N2O2. The van der Waals surface area contributed by atoms with Crippen molar-refractivity contribution in [3.63, 3.8) is 0 Å². The fourth-order valence-corrected chi connectivity index (χ4v) is 2.76. The Morgan fingerprint density at radius 2 is 2.06 bits per heavy atom. The third-order valence-corrected chi connectivity index (χ3v) is 3.67. The second-order valence-corrected chi connectivity index (χ2v) is 6.25. The Kier molecular flexibility index (Phi) is 2.65. The normalized spacial score (nSPS) is 36.8. The molecule has 0 saturated heterocycles. The van der Waals surface area contributed by atoms with E-state index in [1.54, 1.807) is 0 Å². The Balaban J connectivity index is 1.68. The van der Waals surface area contributed by atoms with Crippen molar-refractivity contribution in [3.05, 3.63) is 0 Å². The number of hydrogen-bond acceptors (Lipinski definition) is 3. The molecule has 2 saturated carbocycles. The molecule has 3 N–H and O–H groups in total. The molecule has 0 aromatic carbocycles. The molecule has 0 radical (unpaired) electrons. The van der Waals surface area contributed by atoms with Crippen molar-refractivity contribution in [3.8, 4) is 0 Å². The van der Waals surface area contributed by atoms with Crippen LogP contribution in [0.5, 0.6) is 0 Å². The summed E-state index contributed by atoms with van der Waals surface area (Å²) in [5.41, 5.74) is 5.71. The summed E-state index contributed by atoms with van der Waals surface area (Å²) in [5, 5.41) is 2.91. The molecule has 0 aromatic heterocycles. The van der Waals surface area contributed by atoms with Gasteiger partial charge in [-0.25, -0.2) is 4.79 Å². The number of nitrogens with one attached hydrogen (secondary N) is 1. The Morgan fingerprint density at radius 1 is 1.44 bits per heavy atom. The van der Waals surface area contributed by atoms with Gasteiger partial charge in [0.2, 0.25) is 0 Å². The number of rotatable bonds is 2. The minimum absolute atomic E-state index is 0.294. The van der Waals surface area contributed by atoms with Gasteiger partial charge in [0.1, 0.15) is 5.60 Å². The smallest absolute Gasteiger partial charge is 0.407 e. The lowest BCUT2D eigenvalue weighted by Crippen LogP contribution is -2.47. The van der Waals surface area contributed by atoms with E-state index in [4.69, 9.17) is 10.5 Å². The fourth-order valence-electron chi connectivity index (χ4n) is 2.76. The van der Waals surface area contributed by atoms with Crippen molar-refractivity contribution in [2.75, 3.05) is 6.54 Å². The number of alkyl carbamates (subject to hydrolysis) is 1. The summed E-state index contributed by atoms with van der Waals surface area (Å²) in [6, 6.07) is 0.298. The molecule has 2 aliphatic carbocycles. The van der Waals surface area contributed by atoms with Crippen LogP contribution in [0.15, 0.2) is 0 Å². The zero-order chi connectivity index (χ0) is 12.0. The van der Waals surface area contributed by atoms with Gasteiger partial charge in [-0.1, -0.05) is 0 Å². The molecule has 0 heterocycles. The first-order valence-electron chi connectivity index (χ1n) is 6.04. The van der Waals surface area contributed by atoms with E-state index < -0.39 is 5.60 Å². The van der Waals surface area contributed by atoms with E-state index in [1.165, 1.54) is 6.42 Å². The molecule has 2 fully saturated rings. The lowest BCUT2D eigenvalue weighted by atomic mass is 9.75. The van der Waals surface area contributed by atoms with E-state index in [0.29, 0.717) is 17.4 Å². The summed E-state index contributed by atoms with van der Waals surface area (Å²) in [4.78, 5) is 11.5. The molecule has 4 nitrogen and oxygen atoms in total. The molecule has 2 aliphatic rings. The predicted octanol–water partition coefficient (Wildman–Crippen LogP) is 1.64. The Labute approximate surface area is 96.9 Å². The standard InChI is InChI=1S/C12H22N2O2/c1-11(2,3)16-10(15)14-9-5-12(6-9)4-8(12)7-13/h8-9H,4-7,13H2,1-3H3,(H,14,15). The Hall–Kier alpha value is -0.770. The van der Waals surface area contributed by atoms with Gasteiger partial charge in [-0.15, -0.1) is 0 Å². The number of hydrogen-bond donors (Lipinski definition) is 2. The second-order valence-electron chi connectivity index (χ2n) is 6.25. The molecule has 2 rings (SSSR count). The van der Waals surface area contributed by atoms with Crippen molar-refractivity contribution >= 4 is 6.09 Å². The van der Waals surface area contributed by atoms with E-state index in [-0.39, 0.29) is 6.09 Å². The van der Waals surface area contributed by atoms with Crippen molar-refractivity contribution < 1.29 is 9.53 Å². The van der Waals surface area contributed by atoms with E-state index in [1.807, 2.05) is 20.8 Å². The minimum atomic E-state index is -0.412. The molecule has 0 aliphatic heterocycles. The van der Waals surface area contributed by atoms with Gasteiger partial charge in [-0.3, -0.25) is 0 Å². The molecule has 4 heteroatoms. The van der Waals surface area contributed by atoms with Gasteiger partial charge in [-0.05, 0) is 57.9 Å². The van der Waals surface area contributed by atoms with E-state index in [0.717, 1.165) is 19.4 Å². The lowest BCUT2D eigenvalue weighted by Gasteiger charge is -2.37. The number of carbonyl (C=O) groups excluding carboxylic acids is 1. The molecule has 1 amide bonds. The highest BCUT2D eigenvalue weighted by Crippen LogP contribution is 2.64. The number of carbonyl (C=O) groups is 1. The summed E-state index contributed by atoms with van der Waals surface area (Å²) in [6.45, 7) is 6.42. The van der Waals surface area contributed by atoms with Crippen LogP contribution in [0.25, 0.3) is 0 Å². The third-order valence-electron chi connectivity index (χ3n) is 3.67. The van der Waals surface area contributed by atoms with Crippen LogP contribution in [0.1, 0.15) is 40.0 Å². The molecule has 0 aromatic rings. The topological polar surface area (TPSA) is 64.3 Å². The molecule has 1 atom stereocenters. The van der Waals surface area contributed by atoms with E-state index in [9.17, 15) is 4.79 Å². The first-order valence-corrected chi connectivity index (χ1v) is 6.04. The molecule has 1 spiro atoms. The first-order chi connectivity index (χ1) is 7.35. The minimum Gasteiger partial charge on any atom is -0.444 e. The average molecular weight is 226 g/mol. The van der Waals surface area contributed by atoms with Gasteiger partial charge in [-0.2, -0.15) is 0 Å². The van der Waals surface area contributed by atoms with Crippen LogP contribution in [0.4, 0.5) is 4.79 Å². The zero-order valence-corrected chi connectivity index (χ0v) is 10.4. The monoisotopic (exact) mass is 226 g/mol. The summed E-state index contributed by atoms with van der Waals surface area (Å²) in [5.74, 6) is 0.698. The largest absolute Gasteiger partial charge is 0.444 e. The zero-order valence-electron chi connectivity index (χ0n) is 10.4. The van der Waals surface area contributed by atoms with Gasteiger partial charge in [0.25, 0.3) is 0 Å². The third kappa shape index (κ3) is 2.32. The van der Waals surface area contributed by atoms with Crippen LogP contribution in [0.2, 0.25) is 0 Å². The van der Waals surface area contributed by atoms with Crippen molar-refractivity contribution in [1.29, 1.82) is 0 Å². The van der Waals surface area contributed by atoms with Crippen LogP contribution < -0.4 is 11.1 Å². The van der Waals surface area contributed by atoms with Crippen LogP contribution in [-0.4, -0.2) is 24.3 Å². The SMILES string of the molecule is CC(C)(C)OC(=O)NC1CC2(C1)CC2CN. The quantitative estimate of drug-likeness (QED) is 0.752. The summed E-state index contributed by atoms with van der Waals surface area (Å²) in [6.07, 6.45) is 3.11. The van der Waals surface area contributed by atoms with E-state index in [2.05, 4.69) is 5.32 Å². The molecule has 92 valence electrons. The lowest BCUT2D eigenvalue weighted by molar-refractivity contribution is 0.0433. The molecular weight excluding hydrogens is 204 g/mol. The maximum absolute atomic E-state index is 11.5. The fraction of sp³-hybridized carbons (Fsp3) is 0.917. The van der Waals surface area contributed by atoms with Crippen LogP contribution in [0.3, 0.4) is 0 Å². The molecule has 16 heavy (non-hydrogen) atoms. The van der Waals surface area contributed by atoms with Gasteiger partial charge in [0.05, 0.1) is 0 Å². The highest BCUT2D eigenvalue weighted by Gasteiger charge is 2.60. The number of amides is 1. The Bertz CT molecular complexity index is 290. The molecule has 1 unspecified atom stereocenters. The van der Waals surface area contributed by atoms with Gasteiger partial charge < -0.3 is 15.8 Å². The second kappa shape index (κ2) is 3.62. The van der Waals surface area contributed by atoms with Crippen molar-refractivity contribution in [2.24, 2.45) is 17.1 Å². The van der Waals surface area contributed by atoms with Gasteiger partial charge >= 0.3 is 6.09 Å². The average Bonchev–Trinajstić information content (AvgIpc) is 2.74. The van der Waals surface area contributed by atoms with Crippen molar-refractivity contribution in [1.82, 2.24) is 5.32 Å². The van der Waals surface area contributed by atoms with Crippen LogP contribution in [-0.2, 0) is 4.74 Å². The summed E-state index contributed by atoms with van der Waals surface area (Å²) >= 11 is 0. The van der Waals surface area contributed by atoms with Gasteiger partial charge in [0, 0.05) is 6.04 Å². The molecule has 0 bridgehead atoms. The van der Waals surface area contributed by atoms with Crippen molar-refractivity contribution in [2.45, 2.75) is 51.7 Å². The Morgan fingerprint density at radius 3 is 2.50 bits per heavy atom. The number of ether oxygens (including phenoxy) is 1. The first kappa shape index (κ1) is 11.7. The van der Waals surface area contributed by atoms with Crippen LogP contribution >= 0.6 is 0 Å². The van der Waals surface area contributed by atoms with E-state index >= 15 is 0 Å². The highest BCUT2D eigenvalue weighted by molar-refractivity contribution is 5.68.